The van der Waals surface area contributed by atoms with Crippen LogP contribution in [0.1, 0.15) is 41.5 Å². The number of hydrogen-bond donors (Lipinski definition) is 2. The fourth-order valence-corrected chi connectivity index (χ4v) is 2.24. The van der Waals surface area contributed by atoms with Crippen LogP contribution < -0.4 is 11.1 Å². The van der Waals surface area contributed by atoms with Gasteiger partial charge in [-0.2, -0.15) is 0 Å². The molecule has 130 valence electrons. The van der Waals surface area contributed by atoms with Crippen molar-refractivity contribution in [2.24, 2.45) is 11.1 Å². The first-order valence-corrected chi connectivity index (χ1v) is 7.59. The van der Waals surface area contributed by atoms with Gasteiger partial charge in [-0.25, -0.2) is 4.79 Å². The van der Waals surface area contributed by atoms with Gasteiger partial charge >= 0.3 is 6.09 Å². The number of carbonyl (C=O) groups is 3. The monoisotopic (exact) mass is 325 g/mol. The maximum Gasteiger partial charge on any atom is 0.408 e. The number of hydrogen-bond acceptors (Lipinski definition) is 4. The van der Waals surface area contributed by atoms with Crippen LogP contribution in [0.15, 0.2) is 12.2 Å². The first kappa shape index (κ1) is 19.0. The molecule has 0 aromatic carbocycles. The molecule has 1 rings (SSSR count). The van der Waals surface area contributed by atoms with E-state index in [2.05, 4.69) is 5.32 Å². The first-order chi connectivity index (χ1) is 10.3. The fourth-order valence-electron chi connectivity index (χ4n) is 2.24. The van der Waals surface area contributed by atoms with Crippen molar-refractivity contribution < 1.29 is 19.1 Å². The highest BCUT2D eigenvalue weighted by molar-refractivity contribution is 5.93. The first-order valence-electron chi connectivity index (χ1n) is 7.59. The average molecular weight is 325 g/mol. The van der Waals surface area contributed by atoms with Crippen LogP contribution in [0.4, 0.5) is 4.79 Å². The summed E-state index contributed by atoms with van der Waals surface area (Å²) in [5.74, 6) is -0.964. The van der Waals surface area contributed by atoms with Crippen LogP contribution in [-0.4, -0.2) is 47.0 Å². The van der Waals surface area contributed by atoms with Crippen LogP contribution in [0.5, 0.6) is 0 Å². The Morgan fingerprint density at radius 2 is 1.78 bits per heavy atom. The molecule has 0 spiro atoms. The van der Waals surface area contributed by atoms with E-state index in [1.165, 1.54) is 4.90 Å². The third-order valence-corrected chi connectivity index (χ3v) is 3.30. The minimum Gasteiger partial charge on any atom is -0.444 e. The predicted molar refractivity (Wildman–Crippen MR) is 86.4 cm³/mol. The van der Waals surface area contributed by atoms with E-state index < -0.39 is 35.1 Å². The number of nitrogens with two attached hydrogens (primary N) is 1. The van der Waals surface area contributed by atoms with Gasteiger partial charge in [-0.05, 0) is 26.2 Å². The molecule has 0 fully saturated rings. The molecule has 1 heterocycles. The second kappa shape index (κ2) is 6.60. The van der Waals surface area contributed by atoms with Crippen LogP contribution in [0.25, 0.3) is 0 Å². The Kier molecular flexibility index (Phi) is 5.45. The quantitative estimate of drug-likeness (QED) is 0.761. The highest BCUT2D eigenvalue weighted by Gasteiger charge is 2.40. The number of nitrogens with one attached hydrogen (secondary N) is 1. The normalized spacial score (nSPS) is 19.4. The van der Waals surface area contributed by atoms with Crippen LogP contribution >= 0.6 is 0 Å². The van der Waals surface area contributed by atoms with Gasteiger partial charge in [-0.3, -0.25) is 9.59 Å². The molecule has 0 bridgehead atoms. The Labute approximate surface area is 137 Å². The number of amides is 3. The lowest BCUT2D eigenvalue weighted by Gasteiger charge is -2.35. The molecular weight excluding hydrogens is 298 g/mol. The van der Waals surface area contributed by atoms with E-state index in [1.807, 2.05) is 20.8 Å². The van der Waals surface area contributed by atoms with Crippen molar-refractivity contribution in [2.45, 2.75) is 59.2 Å². The van der Waals surface area contributed by atoms with E-state index in [4.69, 9.17) is 10.5 Å². The molecule has 0 aromatic heterocycles. The van der Waals surface area contributed by atoms with Gasteiger partial charge in [0, 0.05) is 6.54 Å². The Bertz CT molecular complexity index is 514. The number of primary amides is 1. The summed E-state index contributed by atoms with van der Waals surface area (Å²) in [5, 5.41) is 2.62. The molecule has 0 radical (unpaired) electrons. The molecule has 3 N–H and O–H groups in total. The lowest BCUT2D eigenvalue weighted by Crippen LogP contribution is -2.58. The van der Waals surface area contributed by atoms with Crippen molar-refractivity contribution in [2.75, 3.05) is 6.54 Å². The zero-order valence-electron chi connectivity index (χ0n) is 14.7. The van der Waals surface area contributed by atoms with Crippen molar-refractivity contribution in [1.29, 1.82) is 0 Å². The van der Waals surface area contributed by atoms with Crippen LogP contribution in [-0.2, 0) is 14.3 Å². The molecule has 0 saturated heterocycles. The Morgan fingerprint density at radius 3 is 2.22 bits per heavy atom. The van der Waals surface area contributed by atoms with Gasteiger partial charge in [0.25, 0.3) is 0 Å². The third kappa shape index (κ3) is 5.26. The van der Waals surface area contributed by atoms with Crippen LogP contribution in [0.3, 0.4) is 0 Å². The molecule has 0 aliphatic carbocycles. The number of ether oxygens (including phenoxy) is 1. The zero-order valence-corrected chi connectivity index (χ0v) is 14.7. The van der Waals surface area contributed by atoms with Crippen LogP contribution in [0, 0.1) is 5.41 Å². The molecule has 7 heteroatoms. The Hall–Kier alpha value is -2.05. The fraction of sp³-hybridized carbons (Fsp3) is 0.688. The summed E-state index contributed by atoms with van der Waals surface area (Å²) in [6, 6.07) is -1.62. The minimum atomic E-state index is -0.834. The van der Waals surface area contributed by atoms with Crippen molar-refractivity contribution >= 4 is 17.9 Å². The molecule has 23 heavy (non-hydrogen) atoms. The molecule has 2 atom stereocenters. The molecule has 0 aromatic rings. The minimum absolute atomic E-state index is 0.287. The second-order valence-corrected chi connectivity index (χ2v) is 7.71. The van der Waals surface area contributed by atoms with E-state index in [-0.39, 0.29) is 12.5 Å². The lowest BCUT2D eigenvalue weighted by molar-refractivity contribution is -0.140. The summed E-state index contributed by atoms with van der Waals surface area (Å²) in [4.78, 5) is 37.7. The van der Waals surface area contributed by atoms with E-state index in [9.17, 15) is 14.4 Å². The van der Waals surface area contributed by atoms with E-state index >= 15 is 0 Å². The SMILES string of the molecule is CC(C)(C)OC(=O)NC(C(=O)N1CC=CC1C(N)=O)C(C)(C)C. The van der Waals surface area contributed by atoms with E-state index in [0.29, 0.717) is 0 Å². The van der Waals surface area contributed by atoms with Crippen molar-refractivity contribution in [3.63, 3.8) is 0 Å². The third-order valence-electron chi connectivity index (χ3n) is 3.30. The molecule has 0 saturated carbocycles. The molecule has 7 nitrogen and oxygen atoms in total. The summed E-state index contributed by atoms with van der Waals surface area (Å²) >= 11 is 0. The number of nitrogens with zero attached hydrogens (tertiary/aromatic N) is 1. The number of carbonyl (C=O) groups excluding carboxylic acids is 3. The highest BCUT2D eigenvalue weighted by atomic mass is 16.6. The smallest absolute Gasteiger partial charge is 0.408 e. The van der Waals surface area contributed by atoms with Crippen LogP contribution in [0.2, 0.25) is 0 Å². The average Bonchev–Trinajstić information content (AvgIpc) is 2.80. The van der Waals surface area contributed by atoms with Crippen molar-refractivity contribution in [1.82, 2.24) is 10.2 Å². The topological polar surface area (TPSA) is 102 Å². The summed E-state index contributed by atoms with van der Waals surface area (Å²) in [6.07, 6.45) is 2.63. The van der Waals surface area contributed by atoms with Gasteiger partial charge in [0.1, 0.15) is 17.7 Å². The van der Waals surface area contributed by atoms with Gasteiger partial charge in [-0.15, -0.1) is 0 Å². The summed E-state index contributed by atoms with van der Waals surface area (Å²) in [6.45, 7) is 11.0. The molecule has 2 unspecified atom stereocenters. The summed E-state index contributed by atoms with van der Waals surface area (Å²) in [5.41, 5.74) is 4.10. The largest absolute Gasteiger partial charge is 0.444 e. The number of rotatable bonds is 3. The van der Waals surface area contributed by atoms with Gasteiger partial charge < -0.3 is 20.7 Å². The second-order valence-electron chi connectivity index (χ2n) is 7.71. The molecule has 1 aliphatic rings. The predicted octanol–water partition coefficient (Wildman–Crippen LogP) is 1.18. The standard InChI is InChI=1S/C16H27N3O4/c1-15(2,3)11(18-14(22)23-16(4,5)6)13(21)19-9-7-8-10(19)12(17)20/h7-8,10-11H,9H2,1-6H3,(H2,17,20)(H,18,22). The molecule has 3 amide bonds. The van der Waals surface area contributed by atoms with Gasteiger partial charge in [0.05, 0.1) is 0 Å². The van der Waals surface area contributed by atoms with E-state index in [0.717, 1.165) is 0 Å². The van der Waals surface area contributed by atoms with Crippen molar-refractivity contribution in [3.8, 4) is 0 Å². The van der Waals surface area contributed by atoms with Gasteiger partial charge in [0.2, 0.25) is 11.8 Å². The zero-order chi connectivity index (χ0) is 18.0. The molecule has 1 aliphatic heterocycles. The molecular formula is C16H27N3O4. The van der Waals surface area contributed by atoms with Gasteiger partial charge in [0.15, 0.2) is 0 Å². The van der Waals surface area contributed by atoms with Gasteiger partial charge in [-0.1, -0.05) is 32.9 Å². The lowest BCUT2D eigenvalue weighted by atomic mass is 9.85. The Morgan fingerprint density at radius 1 is 1.22 bits per heavy atom. The maximum atomic E-state index is 12.8. The summed E-state index contributed by atoms with van der Waals surface area (Å²) < 4.78 is 5.22. The highest BCUT2D eigenvalue weighted by Crippen LogP contribution is 2.24. The number of alkyl carbamates (subject to hydrolysis) is 1. The van der Waals surface area contributed by atoms with Crippen molar-refractivity contribution in [3.05, 3.63) is 12.2 Å². The maximum absolute atomic E-state index is 12.8. The summed E-state index contributed by atoms with van der Waals surface area (Å²) in [7, 11) is 0. The van der Waals surface area contributed by atoms with E-state index in [1.54, 1.807) is 32.9 Å². The Balaban J connectivity index is 2.93.